The number of hydrogen-bond acceptors (Lipinski definition) is 4. The number of amides is 1. The van der Waals surface area contributed by atoms with Crippen LogP contribution in [0.4, 0.5) is 13.2 Å². The predicted molar refractivity (Wildman–Crippen MR) is 124 cm³/mol. The van der Waals surface area contributed by atoms with E-state index in [0.717, 1.165) is 12.0 Å². The van der Waals surface area contributed by atoms with Gasteiger partial charge in [0, 0.05) is 5.56 Å². The fraction of sp³-hybridized carbons (Fsp3) is 0.462. The smallest absolute Gasteiger partial charge is 0.379 e. The number of fused-ring (bicyclic) bond motifs is 1. The van der Waals surface area contributed by atoms with Crippen molar-refractivity contribution in [2.45, 2.75) is 72.4 Å². The maximum absolute atomic E-state index is 13.4. The zero-order chi connectivity index (χ0) is 24.9. The number of alkyl halides is 3. The van der Waals surface area contributed by atoms with E-state index in [0.29, 0.717) is 48.5 Å². The number of carbonyl (C=O) groups excluding carboxylic acids is 1. The number of halogens is 3. The summed E-state index contributed by atoms with van der Waals surface area (Å²) in [6, 6.07) is 9.27. The van der Waals surface area contributed by atoms with Gasteiger partial charge in [0.2, 0.25) is 0 Å². The highest BCUT2D eigenvalue weighted by Crippen LogP contribution is 2.40. The van der Waals surface area contributed by atoms with E-state index in [9.17, 15) is 18.0 Å². The van der Waals surface area contributed by atoms with Gasteiger partial charge < -0.3 is 9.36 Å². The van der Waals surface area contributed by atoms with Crippen LogP contribution >= 0.6 is 0 Å². The molecule has 0 aliphatic rings. The summed E-state index contributed by atoms with van der Waals surface area (Å²) in [6.45, 7) is 8.13. The Morgan fingerprint density at radius 3 is 2.32 bits per heavy atom. The number of rotatable bonds is 10. The minimum atomic E-state index is -4.63. The van der Waals surface area contributed by atoms with Crippen LogP contribution in [0.3, 0.4) is 0 Å². The Hall–Kier alpha value is -3.03. The van der Waals surface area contributed by atoms with E-state index in [4.69, 9.17) is 9.36 Å². The minimum absolute atomic E-state index is 0.0408. The number of hydroxylamine groups is 1. The minimum Gasteiger partial charge on any atom is -0.379 e. The number of carbonyl (C=O) groups is 1. The molecular weight excluding hydrogens is 445 g/mol. The molecule has 0 aliphatic carbocycles. The maximum atomic E-state index is 13.4. The summed E-state index contributed by atoms with van der Waals surface area (Å²) in [6.07, 6.45) is -1.29. The van der Waals surface area contributed by atoms with Crippen molar-refractivity contribution in [3.63, 3.8) is 0 Å². The van der Waals surface area contributed by atoms with Crippen LogP contribution in [-0.2, 0) is 36.7 Å². The third-order valence-corrected chi connectivity index (χ3v) is 5.47. The van der Waals surface area contributed by atoms with Crippen molar-refractivity contribution >= 4 is 16.9 Å². The molecule has 3 rings (SSSR count). The van der Waals surface area contributed by atoms with Crippen LogP contribution in [0.1, 0.15) is 68.5 Å². The number of hydrogen-bond donors (Lipinski definition) is 1. The van der Waals surface area contributed by atoms with Crippen LogP contribution in [0.15, 0.2) is 34.9 Å². The maximum Gasteiger partial charge on any atom is 0.437 e. The third kappa shape index (κ3) is 6.10. The van der Waals surface area contributed by atoms with Crippen LogP contribution in [0.5, 0.6) is 5.75 Å². The molecule has 34 heavy (non-hydrogen) atoms. The van der Waals surface area contributed by atoms with E-state index in [1.54, 1.807) is 0 Å². The van der Waals surface area contributed by atoms with Gasteiger partial charge in [0.1, 0.15) is 0 Å². The average Bonchev–Trinajstić information content (AvgIpc) is 3.19. The summed E-state index contributed by atoms with van der Waals surface area (Å²) < 4.78 is 45.4. The van der Waals surface area contributed by atoms with Gasteiger partial charge in [-0.2, -0.15) is 18.7 Å². The lowest BCUT2D eigenvalue weighted by Gasteiger charge is -2.16. The van der Waals surface area contributed by atoms with Crippen molar-refractivity contribution < 1.29 is 27.3 Å². The first-order valence-corrected chi connectivity index (χ1v) is 11.7. The van der Waals surface area contributed by atoms with Crippen LogP contribution in [0.25, 0.3) is 11.0 Å². The lowest BCUT2D eigenvalue weighted by molar-refractivity contribution is -0.141. The summed E-state index contributed by atoms with van der Waals surface area (Å²) >= 11 is 0. The van der Waals surface area contributed by atoms with E-state index in [2.05, 4.69) is 24.5 Å². The normalized spacial score (nSPS) is 11.9. The van der Waals surface area contributed by atoms with Crippen molar-refractivity contribution in [3.8, 4) is 5.75 Å². The van der Waals surface area contributed by atoms with Crippen molar-refractivity contribution in [2.24, 2.45) is 5.92 Å². The molecule has 184 valence electrons. The molecule has 1 amide bonds. The lowest BCUT2D eigenvalue weighted by atomic mass is 9.98. The van der Waals surface area contributed by atoms with Gasteiger partial charge >= 0.3 is 6.18 Å². The lowest BCUT2D eigenvalue weighted by Crippen LogP contribution is -2.29. The number of aromatic nitrogens is 1. The van der Waals surface area contributed by atoms with Gasteiger partial charge in [-0.1, -0.05) is 70.0 Å². The quantitative estimate of drug-likeness (QED) is 0.335. The van der Waals surface area contributed by atoms with Crippen molar-refractivity contribution in [1.29, 1.82) is 0 Å². The monoisotopic (exact) mass is 476 g/mol. The third-order valence-electron chi connectivity index (χ3n) is 5.47. The molecule has 0 spiro atoms. The van der Waals surface area contributed by atoms with Crippen LogP contribution in [0.2, 0.25) is 0 Å². The van der Waals surface area contributed by atoms with Gasteiger partial charge in [0.05, 0.1) is 11.8 Å². The highest BCUT2D eigenvalue weighted by molar-refractivity contribution is 5.87. The topological polar surface area (TPSA) is 64.4 Å². The summed E-state index contributed by atoms with van der Waals surface area (Å²) in [5.41, 5.74) is 4.57. The number of benzene rings is 2. The summed E-state index contributed by atoms with van der Waals surface area (Å²) in [5.74, 6) is 0.531. The van der Waals surface area contributed by atoms with Crippen molar-refractivity contribution in [2.75, 3.05) is 0 Å². The van der Waals surface area contributed by atoms with E-state index < -0.39 is 11.9 Å². The number of nitrogens with one attached hydrogen (secondary N) is 1. The van der Waals surface area contributed by atoms with E-state index >= 15 is 0 Å². The van der Waals surface area contributed by atoms with Gasteiger partial charge in [-0.15, -0.1) is 0 Å². The van der Waals surface area contributed by atoms with Gasteiger partial charge in [0.15, 0.2) is 17.0 Å². The predicted octanol–water partition coefficient (Wildman–Crippen LogP) is 6.60. The highest BCUT2D eigenvalue weighted by atomic mass is 19.4. The fourth-order valence-electron chi connectivity index (χ4n) is 4.04. The number of aryl methyl sites for hydroxylation is 2. The molecule has 1 heterocycles. The first-order chi connectivity index (χ1) is 16.1. The summed E-state index contributed by atoms with van der Waals surface area (Å²) in [5, 5.41) is 3.20. The second-order valence-corrected chi connectivity index (χ2v) is 8.97. The Kier molecular flexibility index (Phi) is 8.23. The largest absolute Gasteiger partial charge is 0.437 e. The zero-order valence-electron chi connectivity index (χ0n) is 20.0. The molecule has 0 saturated heterocycles. The molecule has 0 fully saturated rings. The van der Waals surface area contributed by atoms with E-state index in [-0.39, 0.29) is 23.3 Å². The summed E-state index contributed by atoms with van der Waals surface area (Å²) in [4.78, 5) is 18.3. The van der Waals surface area contributed by atoms with Gasteiger partial charge in [-0.3, -0.25) is 4.79 Å². The Bertz CT molecular complexity index is 1120. The first-order valence-electron chi connectivity index (χ1n) is 11.7. The Balaban J connectivity index is 1.84. The van der Waals surface area contributed by atoms with Crippen molar-refractivity contribution in [1.82, 2.24) is 10.6 Å². The molecule has 2 aromatic carbocycles. The van der Waals surface area contributed by atoms with Crippen molar-refractivity contribution in [3.05, 3.63) is 58.3 Å². The second-order valence-electron chi connectivity index (χ2n) is 8.97. The number of nitrogens with zero attached hydrogens (tertiary/aromatic N) is 1. The molecular formula is C26H31F3N2O3. The molecule has 8 heteroatoms. The standard InChI is InChI=1S/C26H31F3N2O3/c1-5-7-19-15-21-24(34-31-25(21)26(27,28)29)20(8-6-2)23(19)33-30-22(32)14-18-11-9-17(10-12-18)13-16(3)4/h9-12,15-16H,5-8,13-14H2,1-4H3,(H,30,32). The molecule has 5 nitrogen and oxygen atoms in total. The average molecular weight is 477 g/mol. The first kappa shape index (κ1) is 25.6. The van der Waals surface area contributed by atoms with Gasteiger partial charge in [-0.25, -0.2) is 0 Å². The Labute approximate surface area is 197 Å². The van der Waals surface area contributed by atoms with Crippen LogP contribution in [0, 0.1) is 5.92 Å². The Morgan fingerprint density at radius 2 is 1.74 bits per heavy atom. The van der Waals surface area contributed by atoms with Gasteiger partial charge in [0.25, 0.3) is 5.91 Å². The van der Waals surface area contributed by atoms with E-state index in [1.165, 1.54) is 11.6 Å². The highest BCUT2D eigenvalue weighted by Gasteiger charge is 2.38. The molecule has 1 N–H and O–H groups in total. The van der Waals surface area contributed by atoms with Gasteiger partial charge in [-0.05, 0) is 47.9 Å². The SMILES string of the molecule is CCCc1cc2c(C(F)(F)F)noc2c(CCC)c1ONC(=O)Cc1ccc(CC(C)C)cc1. The molecule has 0 radical (unpaired) electrons. The molecule has 1 aromatic heterocycles. The molecule has 0 bridgehead atoms. The molecule has 0 unspecified atom stereocenters. The second kappa shape index (κ2) is 10.9. The molecule has 0 saturated carbocycles. The molecule has 3 aromatic rings. The van der Waals surface area contributed by atoms with Crippen LogP contribution in [-0.4, -0.2) is 11.1 Å². The zero-order valence-corrected chi connectivity index (χ0v) is 20.0. The summed E-state index contributed by atoms with van der Waals surface area (Å²) in [7, 11) is 0. The van der Waals surface area contributed by atoms with E-state index in [1.807, 2.05) is 38.1 Å². The Morgan fingerprint density at radius 1 is 1.09 bits per heavy atom. The van der Waals surface area contributed by atoms with Crippen LogP contribution < -0.4 is 10.3 Å². The molecule has 0 atom stereocenters. The fourth-order valence-corrected chi connectivity index (χ4v) is 4.04. The molecule has 0 aliphatic heterocycles.